The van der Waals surface area contributed by atoms with Crippen LogP contribution in [-0.2, 0) is 16.7 Å². The zero-order chi connectivity index (χ0) is 19.0. The van der Waals surface area contributed by atoms with E-state index in [2.05, 4.69) is 96.7 Å². The monoisotopic (exact) mass is 367 g/mol. The molecule has 0 radical (unpaired) electrons. The summed E-state index contributed by atoms with van der Waals surface area (Å²) in [5.41, 5.74) is 4.72. The van der Waals surface area contributed by atoms with E-state index in [-0.39, 0.29) is 7.05 Å². The lowest BCUT2D eigenvalue weighted by molar-refractivity contribution is 0.106. The maximum absolute atomic E-state index is 7.07. The Morgan fingerprint density at radius 2 is 1.50 bits per heavy atom. The van der Waals surface area contributed by atoms with E-state index >= 15 is 0 Å². The number of hydrogen-bond acceptors (Lipinski definition) is 2. The van der Waals surface area contributed by atoms with E-state index in [0.717, 1.165) is 19.4 Å². The third kappa shape index (κ3) is 2.73. The molecule has 0 N–H and O–H groups in total. The molecule has 2 saturated heterocycles. The van der Waals surface area contributed by atoms with Crippen molar-refractivity contribution in [2.75, 3.05) is 6.54 Å². The third-order valence-electron chi connectivity index (χ3n) is 6.44. The summed E-state index contributed by atoms with van der Waals surface area (Å²) in [4.78, 5) is 2.58. The van der Waals surface area contributed by atoms with Crippen molar-refractivity contribution in [2.45, 2.75) is 37.8 Å². The largest absolute Gasteiger partial charge is 0.419 e. The first-order chi connectivity index (χ1) is 13.8. The number of aryl methyl sites for hydroxylation is 1. The lowest BCUT2D eigenvalue weighted by Crippen LogP contribution is -2.45. The molecule has 5 rings (SSSR count). The summed E-state index contributed by atoms with van der Waals surface area (Å²) in [5.74, 6) is 0. The molecule has 2 heterocycles. The molecular formula is C25H26BNO. The Balaban J connectivity index is 1.65. The summed E-state index contributed by atoms with van der Waals surface area (Å²) < 4.78 is 7.07. The highest BCUT2D eigenvalue weighted by atomic mass is 16.5. The molecule has 2 aliphatic heterocycles. The standard InChI is InChI=1S/C25H26BNO/c1-2-20-15-17-23(18-16-20)26-27-19-9-14-24(27)25(28-26,21-10-5-3-6-11-21)22-12-7-4-8-13-22/h3-8,10-13,15-18,24H,2,9,14,19H2,1H3. The fraction of sp³-hybridized carbons (Fsp3) is 0.280. The van der Waals surface area contributed by atoms with Crippen LogP contribution in [0.2, 0.25) is 0 Å². The van der Waals surface area contributed by atoms with Crippen LogP contribution < -0.4 is 5.46 Å². The van der Waals surface area contributed by atoms with Gasteiger partial charge in [0.2, 0.25) is 0 Å². The molecule has 140 valence electrons. The quantitative estimate of drug-likeness (QED) is 0.635. The molecule has 1 unspecified atom stereocenters. The summed E-state index contributed by atoms with van der Waals surface area (Å²) in [7, 11) is -0.00109. The van der Waals surface area contributed by atoms with Crippen molar-refractivity contribution in [2.24, 2.45) is 0 Å². The summed E-state index contributed by atoms with van der Waals surface area (Å²) in [6, 6.07) is 31.0. The van der Waals surface area contributed by atoms with Gasteiger partial charge in [0.25, 0.3) is 0 Å². The van der Waals surface area contributed by atoms with E-state index in [4.69, 9.17) is 4.65 Å². The molecule has 28 heavy (non-hydrogen) atoms. The highest BCUT2D eigenvalue weighted by Crippen LogP contribution is 2.48. The molecule has 3 aromatic rings. The topological polar surface area (TPSA) is 12.5 Å². The Kier molecular flexibility index (Phi) is 4.58. The van der Waals surface area contributed by atoms with Crippen LogP contribution in [0.1, 0.15) is 36.5 Å². The predicted octanol–water partition coefficient (Wildman–Crippen LogP) is 4.38. The minimum absolute atomic E-state index is 0.00109. The SMILES string of the molecule is CCc1ccc(B2OC(c3ccccc3)(c3ccccc3)C3CCCN23)cc1. The predicted molar refractivity (Wildman–Crippen MR) is 116 cm³/mol. The lowest BCUT2D eigenvalue weighted by Gasteiger charge is -2.36. The van der Waals surface area contributed by atoms with Crippen molar-refractivity contribution in [3.63, 3.8) is 0 Å². The van der Waals surface area contributed by atoms with Gasteiger partial charge in [0.15, 0.2) is 0 Å². The normalized spacial score (nSPS) is 21.0. The molecular weight excluding hydrogens is 341 g/mol. The number of benzene rings is 3. The van der Waals surface area contributed by atoms with Crippen molar-refractivity contribution in [1.29, 1.82) is 0 Å². The van der Waals surface area contributed by atoms with E-state index in [9.17, 15) is 0 Å². The van der Waals surface area contributed by atoms with Crippen LogP contribution in [0.4, 0.5) is 0 Å². The van der Waals surface area contributed by atoms with Crippen molar-refractivity contribution in [3.05, 3.63) is 102 Å². The van der Waals surface area contributed by atoms with Gasteiger partial charge in [-0.2, -0.15) is 0 Å². The van der Waals surface area contributed by atoms with Gasteiger partial charge in [-0.3, -0.25) is 0 Å². The minimum atomic E-state index is -0.423. The number of rotatable bonds is 4. The van der Waals surface area contributed by atoms with Crippen molar-refractivity contribution >= 4 is 12.5 Å². The summed E-state index contributed by atoms with van der Waals surface area (Å²) in [6.07, 6.45) is 3.45. The van der Waals surface area contributed by atoms with E-state index in [1.165, 1.54) is 28.6 Å². The Morgan fingerprint density at radius 1 is 0.893 bits per heavy atom. The van der Waals surface area contributed by atoms with Gasteiger partial charge in [-0.25, -0.2) is 0 Å². The molecule has 2 aliphatic rings. The average Bonchev–Trinajstić information content (AvgIpc) is 3.37. The molecule has 3 aromatic carbocycles. The molecule has 1 atom stereocenters. The Hall–Kier alpha value is -2.36. The van der Waals surface area contributed by atoms with E-state index in [1.807, 2.05) is 0 Å². The minimum Gasteiger partial charge on any atom is -0.402 e. The zero-order valence-electron chi connectivity index (χ0n) is 16.4. The molecule has 0 amide bonds. The van der Waals surface area contributed by atoms with Gasteiger partial charge in [0.05, 0.1) is 0 Å². The Labute approximate surface area is 168 Å². The second-order valence-corrected chi connectivity index (χ2v) is 7.93. The maximum Gasteiger partial charge on any atom is 0.419 e. The van der Waals surface area contributed by atoms with Gasteiger partial charge in [-0.1, -0.05) is 91.9 Å². The fourth-order valence-corrected chi connectivity index (χ4v) is 5.07. The van der Waals surface area contributed by atoms with Crippen LogP contribution in [-0.4, -0.2) is 24.4 Å². The lowest BCUT2D eigenvalue weighted by atomic mass is 9.72. The second kappa shape index (κ2) is 7.23. The van der Waals surface area contributed by atoms with E-state index in [0.29, 0.717) is 6.04 Å². The highest BCUT2D eigenvalue weighted by molar-refractivity contribution is 6.65. The maximum atomic E-state index is 7.07. The molecule has 0 spiro atoms. The first kappa shape index (κ1) is 17.7. The van der Waals surface area contributed by atoms with Crippen LogP contribution in [0.25, 0.3) is 0 Å². The van der Waals surface area contributed by atoms with Crippen molar-refractivity contribution in [3.8, 4) is 0 Å². The first-order valence-electron chi connectivity index (χ1n) is 10.5. The van der Waals surface area contributed by atoms with Crippen molar-refractivity contribution in [1.82, 2.24) is 4.81 Å². The number of fused-ring (bicyclic) bond motifs is 1. The van der Waals surface area contributed by atoms with Gasteiger partial charge in [-0.15, -0.1) is 0 Å². The van der Waals surface area contributed by atoms with Crippen LogP contribution in [0.15, 0.2) is 84.9 Å². The Morgan fingerprint density at radius 3 is 2.07 bits per heavy atom. The average molecular weight is 367 g/mol. The van der Waals surface area contributed by atoms with Crippen molar-refractivity contribution < 1.29 is 4.65 Å². The number of nitrogens with zero attached hydrogens (tertiary/aromatic N) is 1. The van der Waals surface area contributed by atoms with Gasteiger partial charge < -0.3 is 9.47 Å². The Bertz CT molecular complexity index is 886. The smallest absolute Gasteiger partial charge is 0.402 e. The summed E-state index contributed by atoms with van der Waals surface area (Å²) in [6.45, 7) is 3.29. The van der Waals surface area contributed by atoms with Gasteiger partial charge in [0.1, 0.15) is 5.60 Å². The van der Waals surface area contributed by atoms with Gasteiger partial charge in [-0.05, 0) is 48.0 Å². The molecule has 2 nitrogen and oxygen atoms in total. The third-order valence-corrected chi connectivity index (χ3v) is 6.44. The molecule has 0 bridgehead atoms. The van der Waals surface area contributed by atoms with Crippen LogP contribution in [0.5, 0.6) is 0 Å². The number of hydrogen-bond donors (Lipinski definition) is 0. The molecule has 3 heteroatoms. The summed E-state index contributed by atoms with van der Waals surface area (Å²) >= 11 is 0. The van der Waals surface area contributed by atoms with Gasteiger partial charge in [0, 0.05) is 6.04 Å². The molecule has 0 aromatic heterocycles. The molecule has 0 aliphatic carbocycles. The van der Waals surface area contributed by atoms with Crippen LogP contribution >= 0.6 is 0 Å². The van der Waals surface area contributed by atoms with E-state index in [1.54, 1.807) is 0 Å². The van der Waals surface area contributed by atoms with Crippen LogP contribution in [0.3, 0.4) is 0 Å². The van der Waals surface area contributed by atoms with Gasteiger partial charge >= 0.3 is 7.05 Å². The fourth-order valence-electron chi connectivity index (χ4n) is 5.07. The first-order valence-corrected chi connectivity index (χ1v) is 10.5. The second-order valence-electron chi connectivity index (χ2n) is 7.93. The molecule has 0 saturated carbocycles. The van der Waals surface area contributed by atoms with E-state index < -0.39 is 5.60 Å². The van der Waals surface area contributed by atoms with Crippen LogP contribution in [0, 0.1) is 0 Å². The summed E-state index contributed by atoms with van der Waals surface area (Å²) in [5, 5.41) is 0. The zero-order valence-corrected chi connectivity index (χ0v) is 16.4. The molecule has 2 fully saturated rings. The highest BCUT2D eigenvalue weighted by Gasteiger charge is 2.58.